The van der Waals surface area contributed by atoms with Crippen molar-refractivity contribution in [2.24, 2.45) is 11.8 Å². The van der Waals surface area contributed by atoms with Gasteiger partial charge in [-0.05, 0) is 23.0 Å². The number of likely N-dealkylation sites (N-methyl/N-ethyl adjacent to an activating group) is 1. The van der Waals surface area contributed by atoms with Crippen LogP contribution in [0.2, 0.25) is 5.02 Å². The molecule has 2 aliphatic rings. The summed E-state index contributed by atoms with van der Waals surface area (Å²) in [6.45, 7) is 4.99. The molecule has 2 aliphatic heterocycles. The molecule has 3 rings (SSSR count). The van der Waals surface area contributed by atoms with Gasteiger partial charge in [-0.1, -0.05) is 30.3 Å². The zero-order valence-electron chi connectivity index (χ0n) is 18.8. The molecule has 0 bridgehead atoms. The molecule has 2 atom stereocenters. The summed E-state index contributed by atoms with van der Waals surface area (Å²) in [6, 6.07) is 4.70. The Morgan fingerprint density at radius 1 is 1.50 bits per heavy atom. The molecule has 1 aromatic carbocycles. The molecule has 34 heavy (non-hydrogen) atoms. The third-order valence-corrected chi connectivity index (χ3v) is 7.16. The van der Waals surface area contributed by atoms with Crippen molar-refractivity contribution >= 4 is 35.1 Å². The lowest BCUT2D eigenvalue weighted by atomic mass is 9.96. The first kappa shape index (κ1) is 26.1. The number of unbranched alkanes of at least 4 members (excludes halogenated alkanes) is 1. The van der Waals surface area contributed by atoms with E-state index < -0.39 is 34.6 Å². The van der Waals surface area contributed by atoms with Gasteiger partial charge in [-0.25, -0.2) is 14.8 Å². The molecular weight excluding hydrogens is 481 g/mol. The number of nitrogens with two attached hydrogens (primary N) is 1. The summed E-state index contributed by atoms with van der Waals surface area (Å²) in [5, 5.41) is 13.7. The fraction of sp³-hybridized carbons (Fsp3) is 0.391. The van der Waals surface area contributed by atoms with E-state index in [0.717, 1.165) is 0 Å². The predicted octanol–water partition coefficient (Wildman–Crippen LogP) is 2.39. The summed E-state index contributed by atoms with van der Waals surface area (Å²) >= 11 is 7.04. The van der Waals surface area contributed by atoms with Crippen molar-refractivity contribution in [3.05, 3.63) is 57.5 Å². The number of aliphatic hydroxyl groups excluding tert-OH is 1. The Labute approximate surface area is 207 Å². The second kappa shape index (κ2) is 11.3. The average molecular weight is 508 g/mol. The van der Waals surface area contributed by atoms with Gasteiger partial charge in [0.05, 0.1) is 23.0 Å². The van der Waals surface area contributed by atoms with E-state index in [4.69, 9.17) is 23.9 Å². The highest BCUT2D eigenvalue weighted by atomic mass is 35.5. The van der Waals surface area contributed by atoms with E-state index in [1.54, 1.807) is 24.2 Å². The van der Waals surface area contributed by atoms with Gasteiger partial charge in [-0.3, -0.25) is 20.4 Å². The van der Waals surface area contributed by atoms with E-state index in [9.17, 15) is 19.1 Å². The summed E-state index contributed by atoms with van der Waals surface area (Å²) in [5.41, 5.74) is 2.92. The molecule has 1 fully saturated rings. The highest BCUT2D eigenvalue weighted by Crippen LogP contribution is 2.36. The standard InChI is InChI=1S/C23H27ClFN5O3S/c1-4-5-6-10-29-13-28(3)23(33)20-22(32)21(31)16(12-30(20)29)14(2)34-18(27-26)11-15-8-7-9-17(24)19(15)25/h1,7-9,16,18,27,32H,2,5-6,10-13,26H2,3H3. The normalized spacial score (nSPS) is 19.8. The number of rotatable bonds is 9. The maximum Gasteiger partial charge on any atom is 0.276 e. The number of aliphatic hydroxyl groups is 1. The Hall–Kier alpha value is -2.55. The molecule has 2 unspecified atom stereocenters. The fourth-order valence-electron chi connectivity index (χ4n) is 3.89. The molecule has 0 aromatic heterocycles. The number of carbonyl (C=O) groups is 2. The van der Waals surface area contributed by atoms with Crippen molar-refractivity contribution in [1.82, 2.24) is 20.3 Å². The predicted molar refractivity (Wildman–Crippen MR) is 130 cm³/mol. The number of halogens is 2. The molecule has 0 saturated carbocycles. The number of hydrazine groups is 2. The lowest BCUT2D eigenvalue weighted by Gasteiger charge is -2.47. The van der Waals surface area contributed by atoms with Crippen LogP contribution in [-0.2, 0) is 16.0 Å². The molecule has 11 heteroatoms. The number of allylic oxidation sites excluding steroid dienone is 1. The summed E-state index contributed by atoms with van der Waals surface area (Å²) < 4.78 is 14.3. The van der Waals surface area contributed by atoms with Gasteiger partial charge in [0.15, 0.2) is 11.5 Å². The lowest BCUT2D eigenvalue weighted by Crippen LogP contribution is -2.60. The van der Waals surface area contributed by atoms with E-state index in [1.165, 1.54) is 22.7 Å². The van der Waals surface area contributed by atoms with Crippen LogP contribution in [0.25, 0.3) is 0 Å². The topological polar surface area (TPSA) is 102 Å². The molecular formula is C23H27ClFN5O3S. The largest absolute Gasteiger partial charge is 0.503 e. The smallest absolute Gasteiger partial charge is 0.276 e. The minimum absolute atomic E-state index is 0.00630. The van der Waals surface area contributed by atoms with Crippen LogP contribution < -0.4 is 11.3 Å². The minimum atomic E-state index is -0.805. The molecule has 0 aliphatic carbocycles. The van der Waals surface area contributed by atoms with Crippen molar-refractivity contribution in [3.8, 4) is 12.3 Å². The van der Waals surface area contributed by atoms with Gasteiger partial charge in [0.2, 0.25) is 5.78 Å². The molecule has 1 amide bonds. The van der Waals surface area contributed by atoms with Crippen LogP contribution >= 0.6 is 23.4 Å². The number of ketones is 1. The van der Waals surface area contributed by atoms with E-state index in [1.807, 2.05) is 5.01 Å². The van der Waals surface area contributed by atoms with Gasteiger partial charge >= 0.3 is 0 Å². The van der Waals surface area contributed by atoms with E-state index in [2.05, 4.69) is 17.9 Å². The van der Waals surface area contributed by atoms with Crippen molar-refractivity contribution in [1.29, 1.82) is 0 Å². The van der Waals surface area contributed by atoms with Crippen LogP contribution in [-0.4, -0.2) is 63.9 Å². The monoisotopic (exact) mass is 507 g/mol. The van der Waals surface area contributed by atoms with Gasteiger partial charge in [-0.15, -0.1) is 24.1 Å². The van der Waals surface area contributed by atoms with Crippen LogP contribution in [0.5, 0.6) is 0 Å². The van der Waals surface area contributed by atoms with Crippen LogP contribution in [0.1, 0.15) is 18.4 Å². The Kier molecular flexibility index (Phi) is 8.62. The van der Waals surface area contributed by atoms with E-state index >= 15 is 0 Å². The van der Waals surface area contributed by atoms with Gasteiger partial charge in [0, 0.05) is 33.0 Å². The second-order valence-electron chi connectivity index (χ2n) is 8.03. The molecule has 4 N–H and O–H groups in total. The highest BCUT2D eigenvalue weighted by molar-refractivity contribution is 8.03. The lowest BCUT2D eigenvalue weighted by molar-refractivity contribution is -0.153. The zero-order valence-corrected chi connectivity index (χ0v) is 20.3. The first-order chi connectivity index (χ1) is 16.2. The fourth-order valence-corrected chi connectivity index (χ4v) is 5.13. The number of Topliss-reactive ketones (excluding diaryl/α,β-unsaturated/α-hetero) is 1. The summed E-state index contributed by atoms with van der Waals surface area (Å²) in [7, 11) is 1.60. The number of fused-ring (bicyclic) bond motifs is 1. The summed E-state index contributed by atoms with van der Waals surface area (Å²) in [5.74, 6) is 5.29. The molecule has 182 valence electrons. The maximum atomic E-state index is 14.3. The molecule has 0 radical (unpaired) electrons. The van der Waals surface area contributed by atoms with Crippen LogP contribution in [0.4, 0.5) is 4.39 Å². The zero-order chi connectivity index (χ0) is 25.0. The Morgan fingerprint density at radius 3 is 2.91 bits per heavy atom. The van der Waals surface area contributed by atoms with E-state index in [0.29, 0.717) is 36.5 Å². The number of nitrogens with zero attached hydrogens (tertiary/aromatic N) is 3. The van der Waals surface area contributed by atoms with Crippen molar-refractivity contribution in [2.45, 2.75) is 24.6 Å². The SMILES string of the molecule is C#CCCCN1CN(C)C(=O)C2=C(O)C(=O)C(C(=C)SC(Cc3cccc(Cl)c3F)NN)CN21. The Morgan fingerprint density at radius 2 is 2.24 bits per heavy atom. The summed E-state index contributed by atoms with van der Waals surface area (Å²) in [6.07, 6.45) is 6.78. The van der Waals surface area contributed by atoms with Gasteiger partial charge in [0.1, 0.15) is 5.82 Å². The minimum Gasteiger partial charge on any atom is -0.503 e. The third-order valence-electron chi connectivity index (χ3n) is 5.70. The molecule has 8 nitrogen and oxygen atoms in total. The van der Waals surface area contributed by atoms with Crippen molar-refractivity contribution in [2.75, 3.05) is 26.8 Å². The number of amides is 1. The number of benzene rings is 1. The quantitative estimate of drug-likeness (QED) is 0.154. The summed E-state index contributed by atoms with van der Waals surface area (Å²) in [4.78, 5) is 27.6. The van der Waals surface area contributed by atoms with Crippen LogP contribution in [0.3, 0.4) is 0 Å². The number of thioether (sulfide) groups is 1. The average Bonchev–Trinajstić information content (AvgIpc) is 2.81. The van der Waals surface area contributed by atoms with Crippen LogP contribution in [0, 0.1) is 24.1 Å². The van der Waals surface area contributed by atoms with Crippen molar-refractivity contribution < 1.29 is 19.1 Å². The van der Waals surface area contributed by atoms with Crippen molar-refractivity contribution in [3.63, 3.8) is 0 Å². The van der Waals surface area contributed by atoms with Crippen LogP contribution in [0.15, 0.2) is 41.1 Å². The number of carbonyl (C=O) groups excluding carboxylic acids is 2. The molecule has 1 saturated heterocycles. The number of hydrogen-bond acceptors (Lipinski definition) is 8. The second-order valence-corrected chi connectivity index (χ2v) is 9.77. The highest BCUT2D eigenvalue weighted by Gasteiger charge is 2.44. The first-order valence-electron chi connectivity index (χ1n) is 10.6. The first-order valence-corrected chi connectivity index (χ1v) is 11.9. The Bertz CT molecular complexity index is 1060. The molecule has 1 aromatic rings. The van der Waals surface area contributed by atoms with Gasteiger partial charge in [-0.2, -0.15) is 0 Å². The number of hydrogen-bond donors (Lipinski definition) is 3. The third kappa shape index (κ3) is 5.40. The Balaban J connectivity index is 1.80. The number of nitrogens with one attached hydrogen (secondary N) is 1. The molecule has 0 spiro atoms. The van der Waals surface area contributed by atoms with E-state index in [-0.39, 0.29) is 23.7 Å². The maximum absolute atomic E-state index is 14.3. The molecule has 2 heterocycles. The number of terminal acetylenes is 1. The van der Waals surface area contributed by atoms with Gasteiger partial charge in [0.25, 0.3) is 5.91 Å². The van der Waals surface area contributed by atoms with Gasteiger partial charge < -0.3 is 10.0 Å².